The number of nitrogens with zero attached hydrogens (tertiary/aromatic N) is 2. The minimum absolute atomic E-state index is 0.214. The number of morpholine rings is 1. The molecule has 1 aromatic heterocycles. The molecule has 0 radical (unpaired) electrons. The van der Waals surface area contributed by atoms with Crippen LogP contribution < -0.4 is 5.32 Å². The molecule has 0 atom stereocenters. The SMILES string of the molecule is COC(=O)c1ccc(NC(=O)c2ccnc(C(=O)N3CCOCC3)c2)cc1. The Labute approximate surface area is 156 Å². The second-order valence-corrected chi connectivity index (χ2v) is 5.86. The van der Waals surface area contributed by atoms with Crippen molar-refractivity contribution in [1.29, 1.82) is 0 Å². The van der Waals surface area contributed by atoms with Crippen molar-refractivity contribution in [2.45, 2.75) is 0 Å². The van der Waals surface area contributed by atoms with Gasteiger partial charge in [0.2, 0.25) is 0 Å². The van der Waals surface area contributed by atoms with Crippen LogP contribution in [0.25, 0.3) is 0 Å². The second kappa shape index (κ2) is 8.41. The number of nitrogens with one attached hydrogen (secondary N) is 1. The normalized spacial score (nSPS) is 13.7. The number of pyridine rings is 1. The summed E-state index contributed by atoms with van der Waals surface area (Å²) in [6, 6.07) is 9.32. The first-order valence-corrected chi connectivity index (χ1v) is 8.41. The minimum Gasteiger partial charge on any atom is -0.465 e. The monoisotopic (exact) mass is 369 g/mol. The van der Waals surface area contributed by atoms with Crippen LogP contribution in [-0.2, 0) is 9.47 Å². The molecule has 1 aliphatic heterocycles. The molecule has 1 aromatic carbocycles. The maximum Gasteiger partial charge on any atom is 0.337 e. The Balaban J connectivity index is 1.69. The van der Waals surface area contributed by atoms with Gasteiger partial charge in [0.25, 0.3) is 11.8 Å². The molecule has 0 unspecified atom stereocenters. The van der Waals surface area contributed by atoms with E-state index in [1.54, 1.807) is 29.2 Å². The Morgan fingerprint density at radius 3 is 2.44 bits per heavy atom. The summed E-state index contributed by atoms with van der Waals surface area (Å²) in [6.07, 6.45) is 1.43. The number of carbonyl (C=O) groups excluding carboxylic acids is 3. The number of amides is 2. The van der Waals surface area contributed by atoms with Gasteiger partial charge in [-0.15, -0.1) is 0 Å². The van der Waals surface area contributed by atoms with E-state index in [4.69, 9.17) is 4.74 Å². The van der Waals surface area contributed by atoms with Crippen LogP contribution in [0.5, 0.6) is 0 Å². The molecule has 140 valence electrons. The lowest BCUT2D eigenvalue weighted by Gasteiger charge is -2.26. The lowest BCUT2D eigenvalue weighted by atomic mass is 10.1. The first kappa shape index (κ1) is 18.5. The predicted octanol–water partition coefficient (Wildman–Crippen LogP) is 1.59. The van der Waals surface area contributed by atoms with Crippen molar-refractivity contribution in [2.24, 2.45) is 0 Å². The standard InChI is InChI=1S/C19H19N3O5/c1-26-19(25)13-2-4-15(5-3-13)21-17(23)14-6-7-20-16(12-14)18(24)22-8-10-27-11-9-22/h2-7,12H,8-11H2,1H3,(H,21,23). The highest BCUT2D eigenvalue weighted by Gasteiger charge is 2.20. The van der Waals surface area contributed by atoms with Gasteiger partial charge in [0.05, 0.1) is 25.9 Å². The van der Waals surface area contributed by atoms with Crippen LogP contribution in [0.4, 0.5) is 5.69 Å². The van der Waals surface area contributed by atoms with E-state index in [2.05, 4.69) is 15.0 Å². The highest BCUT2D eigenvalue weighted by molar-refractivity contribution is 6.05. The third-order valence-corrected chi connectivity index (χ3v) is 4.10. The molecule has 27 heavy (non-hydrogen) atoms. The van der Waals surface area contributed by atoms with Crippen LogP contribution in [0.2, 0.25) is 0 Å². The Morgan fingerprint density at radius 1 is 1.07 bits per heavy atom. The average molecular weight is 369 g/mol. The van der Waals surface area contributed by atoms with Gasteiger partial charge in [-0.2, -0.15) is 0 Å². The maximum atomic E-state index is 12.5. The molecule has 1 fully saturated rings. The van der Waals surface area contributed by atoms with Gasteiger partial charge in [-0.3, -0.25) is 14.6 Å². The van der Waals surface area contributed by atoms with Crippen LogP contribution >= 0.6 is 0 Å². The molecule has 2 amide bonds. The van der Waals surface area contributed by atoms with Crippen molar-refractivity contribution in [3.8, 4) is 0 Å². The zero-order chi connectivity index (χ0) is 19.2. The highest BCUT2D eigenvalue weighted by atomic mass is 16.5. The summed E-state index contributed by atoms with van der Waals surface area (Å²) in [4.78, 5) is 42.1. The third kappa shape index (κ3) is 4.48. The molecule has 8 heteroatoms. The van der Waals surface area contributed by atoms with Crippen LogP contribution in [0, 0.1) is 0 Å². The molecule has 0 bridgehead atoms. The van der Waals surface area contributed by atoms with E-state index in [0.29, 0.717) is 43.1 Å². The van der Waals surface area contributed by atoms with Crippen LogP contribution in [0.3, 0.4) is 0 Å². The summed E-state index contributed by atoms with van der Waals surface area (Å²) in [7, 11) is 1.30. The maximum absolute atomic E-state index is 12.5. The molecule has 2 heterocycles. The zero-order valence-electron chi connectivity index (χ0n) is 14.8. The second-order valence-electron chi connectivity index (χ2n) is 5.86. The Hall–Kier alpha value is -3.26. The number of esters is 1. The van der Waals surface area contributed by atoms with Crippen molar-refractivity contribution < 1.29 is 23.9 Å². The van der Waals surface area contributed by atoms with Gasteiger partial charge in [0, 0.05) is 30.5 Å². The van der Waals surface area contributed by atoms with E-state index in [-0.39, 0.29) is 17.5 Å². The van der Waals surface area contributed by atoms with Crippen LogP contribution in [0.15, 0.2) is 42.6 Å². The van der Waals surface area contributed by atoms with E-state index in [1.807, 2.05) is 0 Å². The summed E-state index contributed by atoms with van der Waals surface area (Å²) in [5.74, 6) is -1.05. The summed E-state index contributed by atoms with van der Waals surface area (Å²) >= 11 is 0. The molecule has 0 saturated carbocycles. The Kier molecular flexibility index (Phi) is 5.77. The summed E-state index contributed by atoms with van der Waals surface area (Å²) in [5.41, 5.74) is 1.44. The number of aromatic nitrogens is 1. The van der Waals surface area contributed by atoms with Crippen molar-refractivity contribution in [3.05, 3.63) is 59.4 Å². The lowest BCUT2D eigenvalue weighted by Crippen LogP contribution is -2.41. The molecule has 8 nitrogen and oxygen atoms in total. The molecule has 1 aliphatic rings. The van der Waals surface area contributed by atoms with Crippen LogP contribution in [-0.4, -0.2) is 61.1 Å². The summed E-state index contributed by atoms with van der Waals surface area (Å²) < 4.78 is 9.87. The number of benzene rings is 1. The van der Waals surface area contributed by atoms with Gasteiger partial charge in [0.15, 0.2) is 0 Å². The van der Waals surface area contributed by atoms with E-state index in [9.17, 15) is 14.4 Å². The number of hydrogen-bond donors (Lipinski definition) is 1. The van der Waals surface area contributed by atoms with E-state index >= 15 is 0 Å². The zero-order valence-corrected chi connectivity index (χ0v) is 14.8. The number of rotatable bonds is 4. The van der Waals surface area contributed by atoms with Gasteiger partial charge in [-0.05, 0) is 36.4 Å². The average Bonchev–Trinajstić information content (AvgIpc) is 2.74. The topological polar surface area (TPSA) is 97.8 Å². The van der Waals surface area contributed by atoms with E-state index in [1.165, 1.54) is 25.4 Å². The smallest absolute Gasteiger partial charge is 0.337 e. The first-order chi connectivity index (χ1) is 13.1. The quantitative estimate of drug-likeness (QED) is 0.822. The lowest BCUT2D eigenvalue weighted by molar-refractivity contribution is 0.0299. The minimum atomic E-state index is -0.451. The number of hydrogen-bond acceptors (Lipinski definition) is 6. The predicted molar refractivity (Wildman–Crippen MR) is 96.7 cm³/mol. The molecular formula is C19H19N3O5. The molecule has 0 spiro atoms. The Bertz CT molecular complexity index is 845. The van der Waals surface area contributed by atoms with E-state index in [0.717, 1.165) is 0 Å². The van der Waals surface area contributed by atoms with Gasteiger partial charge < -0.3 is 19.7 Å². The largest absolute Gasteiger partial charge is 0.465 e. The summed E-state index contributed by atoms with van der Waals surface area (Å²) in [6.45, 7) is 1.99. The van der Waals surface area contributed by atoms with Crippen molar-refractivity contribution >= 4 is 23.5 Å². The number of anilines is 1. The highest BCUT2D eigenvalue weighted by Crippen LogP contribution is 2.13. The molecular weight excluding hydrogens is 350 g/mol. The molecule has 2 aromatic rings. The Morgan fingerprint density at radius 2 is 1.78 bits per heavy atom. The fraction of sp³-hybridized carbons (Fsp3) is 0.263. The first-order valence-electron chi connectivity index (χ1n) is 8.41. The van der Waals surface area contributed by atoms with E-state index < -0.39 is 5.97 Å². The molecule has 1 N–H and O–H groups in total. The van der Waals surface area contributed by atoms with Crippen molar-refractivity contribution in [2.75, 3.05) is 38.7 Å². The van der Waals surface area contributed by atoms with Gasteiger partial charge in [-0.25, -0.2) is 4.79 Å². The molecule has 3 rings (SSSR count). The number of ether oxygens (including phenoxy) is 2. The van der Waals surface area contributed by atoms with Gasteiger partial charge >= 0.3 is 5.97 Å². The van der Waals surface area contributed by atoms with Crippen molar-refractivity contribution in [1.82, 2.24) is 9.88 Å². The van der Waals surface area contributed by atoms with Gasteiger partial charge in [-0.1, -0.05) is 0 Å². The summed E-state index contributed by atoms with van der Waals surface area (Å²) in [5, 5.41) is 2.72. The van der Waals surface area contributed by atoms with Crippen LogP contribution in [0.1, 0.15) is 31.2 Å². The fourth-order valence-electron chi connectivity index (χ4n) is 2.63. The third-order valence-electron chi connectivity index (χ3n) is 4.10. The number of methoxy groups -OCH3 is 1. The van der Waals surface area contributed by atoms with Gasteiger partial charge in [0.1, 0.15) is 5.69 Å². The molecule has 0 aliphatic carbocycles. The fourth-order valence-corrected chi connectivity index (χ4v) is 2.63. The molecule has 1 saturated heterocycles. The van der Waals surface area contributed by atoms with Crippen molar-refractivity contribution in [3.63, 3.8) is 0 Å². The number of carbonyl (C=O) groups is 3.